The molecular weight excluding hydrogens is 960 g/mol. The van der Waals surface area contributed by atoms with Gasteiger partial charge in [0.25, 0.3) is 0 Å². The van der Waals surface area contributed by atoms with E-state index in [2.05, 4.69) is 21.3 Å². The second-order valence-corrected chi connectivity index (χ2v) is 23.9. The zero-order chi connectivity index (χ0) is 55.6. The predicted molar refractivity (Wildman–Crippen MR) is 291 cm³/mol. The number of ether oxygens (including phenoxy) is 1. The van der Waals surface area contributed by atoms with E-state index in [1.165, 1.54) is 11.9 Å². The molecule has 0 bridgehead atoms. The van der Waals surface area contributed by atoms with Crippen molar-refractivity contribution >= 4 is 52.5 Å². The number of hydrogen-bond acceptors (Lipinski definition) is 10. The molecule has 6 amide bonds. The van der Waals surface area contributed by atoms with Crippen LogP contribution in [0.25, 0.3) is 0 Å². The molecule has 2 aromatic carbocycles. The molecule has 2 saturated heterocycles. The van der Waals surface area contributed by atoms with Crippen molar-refractivity contribution in [1.29, 1.82) is 0 Å². The maximum Gasteiger partial charge on any atom is 0.410 e. The Labute approximate surface area is 446 Å². The number of likely N-dealkylation sites (N-methyl/N-ethyl adjacent to an activating group) is 2. The number of hydrogen-bond donors (Lipinski definition) is 5. The average Bonchev–Trinajstić information content (AvgIpc) is 4.16. The number of nitrogens with two attached hydrogens (primary N) is 1. The molecule has 6 N–H and O–H groups in total. The first-order valence-electron chi connectivity index (χ1n) is 26.7. The third-order valence-corrected chi connectivity index (χ3v) is 16.1. The summed E-state index contributed by atoms with van der Waals surface area (Å²) in [5.74, 6) is 0.0444. The number of amides is 6. The maximum absolute atomic E-state index is 13.6. The molecule has 6 unspecified atom stereocenters. The fourth-order valence-corrected chi connectivity index (χ4v) is 10.5. The fourth-order valence-electron chi connectivity index (χ4n) is 10.4. The second-order valence-electron chi connectivity index (χ2n) is 23.5. The van der Waals surface area contributed by atoms with E-state index in [4.69, 9.17) is 22.1 Å². The van der Waals surface area contributed by atoms with Crippen molar-refractivity contribution in [3.8, 4) is 0 Å². The van der Waals surface area contributed by atoms with Crippen molar-refractivity contribution in [1.82, 2.24) is 36.0 Å². The molecule has 10 atom stereocenters. The normalized spacial score (nSPS) is 22.9. The molecule has 0 aromatic heterocycles. The van der Waals surface area contributed by atoms with Crippen molar-refractivity contribution in [3.05, 3.63) is 71.8 Å². The van der Waals surface area contributed by atoms with Crippen LogP contribution in [0.1, 0.15) is 140 Å². The van der Waals surface area contributed by atoms with Gasteiger partial charge in [-0.1, -0.05) is 88.4 Å². The standard InChI is InChI=1S/C26H40N4O3.C21H38N4O4.C10H11ClO/c1-16(2)21(29-23(31)17(3)27-6)24(32)30-15-14-18-12-13-20(22(18)30)28-25(33)26(4,5)19-10-8-7-9-11-19;1-12(2)16(19(27)25-11-10-14-8-9-15(22)17(14)25)23-18(26)13(3)24(7)20(28)29-21(4,5)6;1-10(2,9(11)12)8-6-4-3-5-7-8/h7-11,16-18,20-22,27H,12-15H2,1-6H3,(H,28,33)(H,29,31);12-17H,8-11,22H2,1-7H3,(H,23,26);3-7H,1-2H3/t17-,18?,20?,21-,22?;13-,14?,15?,16-,17?;/m00./s1. The summed E-state index contributed by atoms with van der Waals surface area (Å²) in [6.07, 6.45) is 5.21. The monoisotopic (exact) mass is 1050 g/mol. The molecule has 412 valence electrons. The highest BCUT2D eigenvalue weighted by Crippen LogP contribution is 2.40. The van der Waals surface area contributed by atoms with Crippen LogP contribution in [0.3, 0.4) is 0 Å². The SMILES string of the molecule is CC(C)(C(=O)Cl)c1ccccc1.CC(C)[C@H](NC(=O)[C@H](C)N(C)C(=O)OC(C)(C)C)C(=O)N1CCC2CCC(N)C21.CN[C@@H](C)C(=O)N[C@H](C(=O)N1CCC2CCC(NC(=O)C(C)(C)c3ccccc3)C21)C(C)C. The molecule has 2 heterocycles. The van der Waals surface area contributed by atoms with Gasteiger partial charge in [0.2, 0.25) is 34.8 Å². The van der Waals surface area contributed by atoms with Crippen LogP contribution in [0.2, 0.25) is 0 Å². The minimum Gasteiger partial charge on any atom is -0.444 e. The molecule has 74 heavy (non-hydrogen) atoms. The van der Waals surface area contributed by atoms with Gasteiger partial charge in [-0.25, -0.2) is 4.79 Å². The minimum absolute atomic E-state index is 0.00666. The van der Waals surface area contributed by atoms with Crippen LogP contribution in [0.4, 0.5) is 4.79 Å². The van der Waals surface area contributed by atoms with Gasteiger partial charge in [-0.15, -0.1) is 0 Å². The van der Waals surface area contributed by atoms with Crippen LogP contribution in [0, 0.1) is 23.7 Å². The molecule has 4 aliphatic rings. The van der Waals surface area contributed by atoms with E-state index in [-0.39, 0.29) is 76.8 Å². The Morgan fingerprint density at radius 1 is 0.649 bits per heavy atom. The van der Waals surface area contributed by atoms with Crippen LogP contribution in [0.15, 0.2) is 60.7 Å². The summed E-state index contributed by atoms with van der Waals surface area (Å²) in [5, 5.41) is 11.7. The van der Waals surface area contributed by atoms with Crippen molar-refractivity contribution in [2.75, 3.05) is 27.2 Å². The smallest absolute Gasteiger partial charge is 0.410 e. The van der Waals surface area contributed by atoms with Gasteiger partial charge in [0.15, 0.2) is 0 Å². The van der Waals surface area contributed by atoms with Crippen LogP contribution in [-0.2, 0) is 44.3 Å². The number of carbonyl (C=O) groups excluding carboxylic acids is 7. The summed E-state index contributed by atoms with van der Waals surface area (Å²) in [7, 11) is 3.25. The van der Waals surface area contributed by atoms with Gasteiger partial charge in [0, 0.05) is 38.3 Å². The molecular formula is C57H89ClN8O8. The lowest BCUT2D eigenvalue weighted by Gasteiger charge is -2.35. The highest BCUT2D eigenvalue weighted by Gasteiger charge is 2.50. The summed E-state index contributed by atoms with van der Waals surface area (Å²) in [4.78, 5) is 93.8. The largest absolute Gasteiger partial charge is 0.444 e. The Bertz CT molecular complexity index is 2240. The van der Waals surface area contributed by atoms with Crippen LogP contribution in [0.5, 0.6) is 0 Å². The third kappa shape index (κ3) is 15.3. The number of fused-ring (bicyclic) bond motifs is 2. The Balaban J connectivity index is 0.000000264. The molecule has 2 saturated carbocycles. The van der Waals surface area contributed by atoms with Gasteiger partial charge >= 0.3 is 6.09 Å². The lowest BCUT2D eigenvalue weighted by Crippen LogP contribution is -2.59. The van der Waals surface area contributed by atoms with Crippen LogP contribution < -0.4 is 27.0 Å². The molecule has 2 aliphatic heterocycles. The van der Waals surface area contributed by atoms with E-state index in [9.17, 15) is 33.6 Å². The Kier molecular flexibility index (Phi) is 21.7. The molecule has 0 radical (unpaired) electrons. The molecule has 17 heteroatoms. The minimum atomic E-state index is -0.765. The Morgan fingerprint density at radius 2 is 1.09 bits per heavy atom. The molecule has 16 nitrogen and oxygen atoms in total. The Hall–Kier alpha value is -5.06. The zero-order valence-corrected chi connectivity index (χ0v) is 47.7. The summed E-state index contributed by atoms with van der Waals surface area (Å²) in [6.45, 7) is 25.3. The van der Waals surface area contributed by atoms with Gasteiger partial charge in [-0.3, -0.25) is 33.7 Å². The zero-order valence-electron chi connectivity index (χ0n) is 46.9. The number of nitrogens with one attached hydrogen (secondary N) is 4. The molecule has 2 aliphatic carbocycles. The van der Waals surface area contributed by atoms with Crippen LogP contribution in [-0.4, -0.2) is 137 Å². The number of carbonyl (C=O) groups is 7. The van der Waals surface area contributed by atoms with E-state index < -0.39 is 40.6 Å². The summed E-state index contributed by atoms with van der Waals surface area (Å²) >= 11 is 5.47. The van der Waals surface area contributed by atoms with E-state index >= 15 is 0 Å². The number of benzene rings is 2. The molecule has 0 spiro atoms. The Morgan fingerprint density at radius 3 is 1.55 bits per heavy atom. The molecule has 6 rings (SSSR count). The molecule has 2 aromatic rings. The lowest BCUT2D eigenvalue weighted by molar-refractivity contribution is -0.139. The summed E-state index contributed by atoms with van der Waals surface area (Å²) < 4.78 is 5.33. The van der Waals surface area contributed by atoms with Gasteiger partial charge in [-0.05, 0) is 154 Å². The van der Waals surface area contributed by atoms with Gasteiger partial charge < -0.3 is 41.5 Å². The second kappa shape index (κ2) is 26.1. The number of rotatable bonds is 15. The summed E-state index contributed by atoms with van der Waals surface area (Å²) in [6, 6.07) is 16.9. The topological polar surface area (TPSA) is 213 Å². The highest BCUT2D eigenvalue weighted by molar-refractivity contribution is 6.65. The van der Waals surface area contributed by atoms with Gasteiger partial charge in [0.05, 0.1) is 22.9 Å². The van der Waals surface area contributed by atoms with Gasteiger partial charge in [0.1, 0.15) is 23.7 Å². The average molecular weight is 1050 g/mol. The van der Waals surface area contributed by atoms with Crippen molar-refractivity contribution in [2.45, 2.75) is 193 Å². The first-order valence-corrected chi connectivity index (χ1v) is 27.1. The fraction of sp³-hybridized carbons (Fsp3) is 0.667. The summed E-state index contributed by atoms with van der Waals surface area (Å²) in [5.41, 5.74) is 6.29. The maximum atomic E-state index is 13.6. The van der Waals surface area contributed by atoms with E-state index in [1.54, 1.807) is 41.7 Å². The quantitative estimate of drug-likeness (QED) is 0.120. The predicted octanol–water partition coefficient (Wildman–Crippen LogP) is 6.66. The number of likely N-dealkylation sites (tertiary alicyclic amines) is 2. The highest BCUT2D eigenvalue weighted by atomic mass is 35.5. The number of halogens is 1. The van der Waals surface area contributed by atoms with E-state index in [1.807, 2.05) is 126 Å². The first kappa shape index (κ1) is 61.5. The lowest BCUT2D eigenvalue weighted by atomic mass is 9.83. The third-order valence-electron chi connectivity index (χ3n) is 15.6. The van der Waals surface area contributed by atoms with Crippen molar-refractivity contribution in [2.24, 2.45) is 29.4 Å². The van der Waals surface area contributed by atoms with E-state index in [0.717, 1.165) is 49.7 Å². The molecule has 4 fully saturated rings. The first-order chi connectivity index (χ1) is 34.5. The van der Waals surface area contributed by atoms with E-state index in [0.29, 0.717) is 24.9 Å². The van der Waals surface area contributed by atoms with Crippen molar-refractivity contribution in [3.63, 3.8) is 0 Å². The number of nitrogens with zero attached hydrogens (tertiary/aromatic N) is 3. The van der Waals surface area contributed by atoms with Crippen molar-refractivity contribution < 1.29 is 38.3 Å². The van der Waals surface area contributed by atoms with Gasteiger partial charge in [-0.2, -0.15) is 0 Å². The van der Waals surface area contributed by atoms with Crippen LogP contribution >= 0.6 is 11.6 Å².